The molecule has 0 atom stereocenters. The maximum absolute atomic E-state index is 12.0. The van der Waals surface area contributed by atoms with Crippen molar-refractivity contribution in [2.24, 2.45) is 0 Å². The first-order chi connectivity index (χ1) is 10.2. The Hall–Kier alpha value is -2.59. The summed E-state index contributed by atoms with van der Waals surface area (Å²) in [7, 11) is 0. The minimum absolute atomic E-state index is 0.229. The zero-order valence-electron chi connectivity index (χ0n) is 11.2. The molecule has 2 heterocycles. The van der Waals surface area contributed by atoms with Crippen molar-refractivity contribution in [2.75, 3.05) is 5.75 Å². The highest BCUT2D eigenvalue weighted by atomic mass is 32.2. The predicted molar refractivity (Wildman–Crippen MR) is 80.6 cm³/mol. The third-order valence-electron chi connectivity index (χ3n) is 2.94. The fourth-order valence-electron chi connectivity index (χ4n) is 2.02. The summed E-state index contributed by atoms with van der Waals surface area (Å²) in [6.45, 7) is 1.99. The topological polar surface area (TPSA) is 87.4 Å². The first-order valence-electron chi connectivity index (χ1n) is 6.24. The first-order valence-corrected chi connectivity index (χ1v) is 7.22. The number of aryl methyl sites for hydroxylation is 1. The summed E-state index contributed by atoms with van der Waals surface area (Å²) in [6.07, 6.45) is 1.50. The second-order valence-corrected chi connectivity index (χ2v) is 5.41. The maximum atomic E-state index is 12.0. The largest absolute Gasteiger partial charge is 0.301 e. The van der Waals surface area contributed by atoms with Crippen LogP contribution < -0.4 is 5.56 Å². The number of rotatable bonds is 3. The van der Waals surface area contributed by atoms with Crippen LogP contribution in [0, 0.1) is 18.3 Å². The Balaban J connectivity index is 2.18. The molecule has 1 aromatic carbocycles. The van der Waals surface area contributed by atoms with E-state index >= 15 is 0 Å². The number of fused-ring (bicyclic) bond motifs is 1. The highest BCUT2D eigenvalue weighted by molar-refractivity contribution is 7.99. The molecule has 0 fully saturated rings. The van der Waals surface area contributed by atoms with Crippen LogP contribution in [0.5, 0.6) is 0 Å². The van der Waals surface area contributed by atoms with Crippen LogP contribution in [-0.4, -0.2) is 25.5 Å². The van der Waals surface area contributed by atoms with Gasteiger partial charge in [-0.05, 0) is 24.6 Å². The molecule has 104 valence electrons. The van der Waals surface area contributed by atoms with Crippen LogP contribution in [0.15, 0.2) is 40.4 Å². The molecule has 21 heavy (non-hydrogen) atoms. The van der Waals surface area contributed by atoms with Crippen LogP contribution in [0.1, 0.15) is 5.56 Å². The highest BCUT2D eigenvalue weighted by Gasteiger charge is 2.11. The zero-order valence-corrected chi connectivity index (χ0v) is 12.0. The number of thioether (sulfide) groups is 1. The molecule has 0 aliphatic rings. The van der Waals surface area contributed by atoms with Gasteiger partial charge in [-0.2, -0.15) is 10.4 Å². The summed E-state index contributed by atoms with van der Waals surface area (Å²) in [4.78, 5) is 19.1. The van der Waals surface area contributed by atoms with Crippen molar-refractivity contribution in [3.63, 3.8) is 0 Å². The van der Waals surface area contributed by atoms with E-state index in [0.29, 0.717) is 16.2 Å². The molecule has 0 amide bonds. The Bertz CT molecular complexity index is 906. The summed E-state index contributed by atoms with van der Waals surface area (Å²) in [5.41, 5.74) is 2.18. The standard InChI is InChI=1S/C14H11N5OS/c1-9-3-2-4-10(7-9)19-12-11(8-16-19)13(20)18-14(17-12)21-6-5-15/h2-4,7-8H,6H2,1H3,(H,17,18,20). The molecule has 0 aliphatic carbocycles. The molecule has 1 N–H and O–H groups in total. The lowest BCUT2D eigenvalue weighted by Gasteiger charge is -2.04. The molecule has 0 unspecified atom stereocenters. The van der Waals surface area contributed by atoms with Gasteiger partial charge in [0.05, 0.1) is 23.7 Å². The molecule has 0 bridgehead atoms. The summed E-state index contributed by atoms with van der Waals surface area (Å²) >= 11 is 1.19. The van der Waals surface area contributed by atoms with E-state index in [2.05, 4.69) is 15.1 Å². The van der Waals surface area contributed by atoms with Crippen molar-refractivity contribution in [3.8, 4) is 11.8 Å². The third-order valence-corrected chi connectivity index (χ3v) is 3.68. The molecule has 0 radical (unpaired) electrons. The number of aromatic nitrogens is 4. The smallest absolute Gasteiger partial charge is 0.262 e. The van der Waals surface area contributed by atoms with Gasteiger partial charge < -0.3 is 4.98 Å². The van der Waals surface area contributed by atoms with E-state index in [4.69, 9.17) is 5.26 Å². The summed E-state index contributed by atoms with van der Waals surface area (Å²) in [5, 5.41) is 13.7. The number of H-pyrrole nitrogens is 1. The maximum Gasteiger partial charge on any atom is 0.262 e. The molecule has 0 saturated heterocycles. The van der Waals surface area contributed by atoms with E-state index in [0.717, 1.165) is 11.3 Å². The van der Waals surface area contributed by atoms with Crippen LogP contribution in [0.3, 0.4) is 0 Å². The fourth-order valence-corrected chi connectivity index (χ4v) is 2.53. The number of nitriles is 1. The quantitative estimate of drug-likeness (QED) is 0.590. The highest BCUT2D eigenvalue weighted by Crippen LogP contribution is 2.18. The molecule has 7 heteroatoms. The van der Waals surface area contributed by atoms with Crippen molar-refractivity contribution < 1.29 is 0 Å². The number of nitrogens with one attached hydrogen (secondary N) is 1. The second-order valence-electron chi connectivity index (χ2n) is 4.45. The van der Waals surface area contributed by atoms with Crippen molar-refractivity contribution in [1.82, 2.24) is 19.7 Å². The first kappa shape index (κ1) is 13.4. The number of hydrogen-bond donors (Lipinski definition) is 1. The van der Waals surface area contributed by atoms with E-state index in [1.54, 1.807) is 4.68 Å². The van der Waals surface area contributed by atoms with E-state index in [9.17, 15) is 4.79 Å². The number of aromatic amines is 1. The molecule has 6 nitrogen and oxygen atoms in total. The fraction of sp³-hybridized carbons (Fsp3) is 0.143. The number of benzene rings is 1. The van der Waals surface area contributed by atoms with Gasteiger partial charge >= 0.3 is 0 Å². The molecule has 2 aromatic heterocycles. The van der Waals surface area contributed by atoms with Crippen molar-refractivity contribution >= 4 is 22.8 Å². The van der Waals surface area contributed by atoms with Gasteiger partial charge in [0.2, 0.25) is 0 Å². The predicted octanol–water partition coefficient (Wildman–Crippen LogP) is 2.03. The molecule has 0 spiro atoms. The van der Waals surface area contributed by atoms with Gasteiger partial charge in [-0.1, -0.05) is 23.9 Å². The van der Waals surface area contributed by atoms with Gasteiger partial charge in [0.25, 0.3) is 5.56 Å². The Morgan fingerprint density at radius 2 is 2.33 bits per heavy atom. The van der Waals surface area contributed by atoms with Crippen LogP contribution in [0.25, 0.3) is 16.7 Å². The van der Waals surface area contributed by atoms with Crippen molar-refractivity contribution in [1.29, 1.82) is 5.26 Å². The minimum atomic E-state index is -0.251. The zero-order chi connectivity index (χ0) is 14.8. The number of hydrogen-bond acceptors (Lipinski definition) is 5. The third kappa shape index (κ3) is 2.53. The Labute approximate surface area is 124 Å². The van der Waals surface area contributed by atoms with Crippen LogP contribution >= 0.6 is 11.8 Å². The van der Waals surface area contributed by atoms with Crippen molar-refractivity contribution in [3.05, 3.63) is 46.4 Å². The molecular weight excluding hydrogens is 286 g/mol. The van der Waals surface area contributed by atoms with Gasteiger partial charge in [0.15, 0.2) is 10.8 Å². The SMILES string of the molecule is Cc1cccc(-n2ncc3c(=O)[nH]c(SCC#N)nc32)c1. The van der Waals surface area contributed by atoms with Crippen LogP contribution in [-0.2, 0) is 0 Å². The molecule has 0 saturated carbocycles. The summed E-state index contributed by atoms with van der Waals surface area (Å²) in [5.74, 6) is 0.229. The van der Waals surface area contributed by atoms with Gasteiger partial charge in [-0.25, -0.2) is 9.67 Å². The normalized spacial score (nSPS) is 10.7. The van der Waals surface area contributed by atoms with E-state index in [1.165, 1.54) is 18.0 Å². The Morgan fingerprint density at radius 1 is 1.48 bits per heavy atom. The lowest BCUT2D eigenvalue weighted by Crippen LogP contribution is -2.09. The second kappa shape index (κ2) is 5.42. The van der Waals surface area contributed by atoms with E-state index in [1.807, 2.05) is 37.3 Å². The molecular formula is C14H11N5OS. The van der Waals surface area contributed by atoms with Gasteiger partial charge in [0, 0.05) is 0 Å². The average molecular weight is 297 g/mol. The van der Waals surface area contributed by atoms with E-state index < -0.39 is 0 Å². The lowest BCUT2D eigenvalue weighted by molar-refractivity contribution is 0.872. The Kier molecular flexibility index (Phi) is 3.46. The van der Waals surface area contributed by atoms with Crippen molar-refractivity contribution in [2.45, 2.75) is 12.1 Å². The van der Waals surface area contributed by atoms with Crippen LogP contribution in [0.4, 0.5) is 0 Å². The van der Waals surface area contributed by atoms with Gasteiger partial charge in [-0.15, -0.1) is 0 Å². The molecule has 0 aliphatic heterocycles. The monoisotopic (exact) mass is 297 g/mol. The number of nitrogens with zero attached hydrogens (tertiary/aromatic N) is 4. The molecule has 3 aromatic rings. The summed E-state index contributed by atoms with van der Waals surface area (Å²) in [6, 6.07) is 9.80. The van der Waals surface area contributed by atoms with Gasteiger partial charge in [0.1, 0.15) is 5.39 Å². The summed E-state index contributed by atoms with van der Waals surface area (Å²) < 4.78 is 1.63. The van der Waals surface area contributed by atoms with Crippen LogP contribution in [0.2, 0.25) is 0 Å². The lowest BCUT2D eigenvalue weighted by atomic mass is 10.2. The molecule has 3 rings (SSSR count). The van der Waals surface area contributed by atoms with Gasteiger partial charge in [-0.3, -0.25) is 4.79 Å². The Morgan fingerprint density at radius 3 is 3.10 bits per heavy atom. The average Bonchev–Trinajstić information content (AvgIpc) is 2.89. The van der Waals surface area contributed by atoms with E-state index in [-0.39, 0.29) is 11.3 Å². The minimum Gasteiger partial charge on any atom is -0.301 e.